The second-order valence-electron chi connectivity index (χ2n) is 18.4. The predicted octanol–water partition coefficient (Wildman–Crippen LogP) is 9.60. The largest absolute Gasteiger partial charge is 0.481 e. The fourth-order valence-corrected chi connectivity index (χ4v) is 9.76. The standard InChI is InChI=1S/C46H85N3O15P2/c1-5-37(4)28-24-20-16-12-10-8-6-7-9-11-13-17-22-26-30-42(51)62-38(33-59-41(50)29-25-21-18-14-15-19-23-27-36(2)3)34-60-65(55,56)64-66(57,58)61-35-39-43(52)44(53)45(63-39)49-32-31-40(47)48-46(49)54/h31-32,36-39,43-45,52-53H,5-30,33-35H2,1-4H3,(H,55,56)(H,57,58)(H2,47,48,54)/t37?,38-,39-,43+,44?,45-/m1/s1. The number of ether oxygens (including phenoxy) is 3. The number of aromatic nitrogens is 2. The second-order valence-corrected chi connectivity index (χ2v) is 21.4. The molecule has 4 unspecified atom stereocenters. The topological polar surface area (TPSA) is 265 Å². The molecule has 2 heterocycles. The summed E-state index contributed by atoms with van der Waals surface area (Å²) in [6.07, 6.45) is 20.8. The zero-order chi connectivity index (χ0) is 48.8. The van der Waals surface area contributed by atoms with Gasteiger partial charge in [-0.25, -0.2) is 13.9 Å². The molecular weight excluding hydrogens is 896 g/mol. The average Bonchev–Trinajstić information content (AvgIpc) is 3.53. The number of nitrogens with two attached hydrogens (primary N) is 1. The van der Waals surface area contributed by atoms with E-state index in [-0.39, 0.29) is 18.7 Å². The SMILES string of the molecule is CCC(C)CCCCCCCCCCCCCCCCC(=O)O[C@H](COC(=O)CCCCCCCCCC(C)C)COP(=O)(O)OP(=O)(O)OC[C@H]1O[C@@H](n2ccc(N)nc2=O)C(O)[C@H]1O. The highest BCUT2D eigenvalue weighted by atomic mass is 31.3. The minimum atomic E-state index is -5.42. The van der Waals surface area contributed by atoms with E-state index in [1.807, 2.05) is 0 Å². The molecule has 0 saturated carbocycles. The van der Waals surface area contributed by atoms with E-state index in [4.69, 9.17) is 29.0 Å². The highest BCUT2D eigenvalue weighted by molar-refractivity contribution is 7.61. The molecule has 0 spiro atoms. The molecule has 1 saturated heterocycles. The van der Waals surface area contributed by atoms with Crippen molar-refractivity contribution in [1.82, 2.24) is 9.55 Å². The van der Waals surface area contributed by atoms with Gasteiger partial charge in [-0.1, -0.05) is 169 Å². The molecule has 0 bridgehead atoms. The van der Waals surface area contributed by atoms with Gasteiger partial charge in [0.15, 0.2) is 12.3 Å². The Bertz CT molecular complexity index is 1640. The van der Waals surface area contributed by atoms with Crippen LogP contribution in [0.3, 0.4) is 0 Å². The molecule has 0 aliphatic carbocycles. The number of phosphoric acid groups is 2. The Morgan fingerprint density at radius 1 is 0.727 bits per heavy atom. The van der Waals surface area contributed by atoms with Gasteiger partial charge in [-0.3, -0.25) is 23.2 Å². The Morgan fingerprint density at radius 2 is 1.21 bits per heavy atom. The number of carbonyl (C=O) groups is 2. The summed E-state index contributed by atoms with van der Waals surface area (Å²) in [5.41, 5.74) is 4.59. The normalized spacial score (nSPS) is 20.2. The first-order valence-corrected chi connectivity index (χ1v) is 27.8. The lowest BCUT2D eigenvalue weighted by molar-refractivity contribution is -0.161. The van der Waals surface area contributed by atoms with Crippen molar-refractivity contribution in [3.05, 3.63) is 22.7 Å². The molecule has 0 amide bonds. The molecule has 1 aromatic heterocycles. The van der Waals surface area contributed by atoms with Crippen LogP contribution in [0.15, 0.2) is 17.1 Å². The van der Waals surface area contributed by atoms with Gasteiger partial charge < -0.3 is 39.9 Å². The summed E-state index contributed by atoms with van der Waals surface area (Å²) in [6.45, 7) is 6.75. The molecule has 20 heteroatoms. The Labute approximate surface area is 393 Å². The summed E-state index contributed by atoms with van der Waals surface area (Å²) in [7, 11) is -10.8. The van der Waals surface area contributed by atoms with Crippen molar-refractivity contribution >= 4 is 33.4 Å². The number of nitrogens with zero attached hydrogens (tertiary/aromatic N) is 2. The van der Waals surface area contributed by atoms with Crippen LogP contribution in [0.25, 0.3) is 0 Å². The van der Waals surface area contributed by atoms with Crippen molar-refractivity contribution in [2.24, 2.45) is 11.8 Å². The zero-order valence-electron chi connectivity index (χ0n) is 40.3. The van der Waals surface area contributed by atoms with E-state index in [2.05, 4.69) is 37.0 Å². The summed E-state index contributed by atoms with van der Waals surface area (Å²) in [5, 5.41) is 20.9. The molecule has 6 N–H and O–H groups in total. The molecule has 1 fully saturated rings. The van der Waals surface area contributed by atoms with Crippen molar-refractivity contribution in [2.75, 3.05) is 25.6 Å². The Hall–Kier alpha value is -2.24. The molecule has 0 aromatic carbocycles. The number of nitrogen functional groups attached to an aromatic ring is 1. The third-order valence-electron chi connectivity index (χ3n) is 11.9. The number of carbonyl (C=O) groups excluding carboxylic acids is 2. The molecular formula is C46H85N3O15P2. The molecule has 18 nitrogen and oxygen atoms in total. The monoisotopic (exact) mass is 982 g/mol. The fourth-order valence-electron chi connectivity index (χ4n) is 7.65. The van der Waals surface area contributed by atoms with E-state index in [0.29, 0.717) is 18.8 Å². The fraction of sp³-hybridized carbons (Fsp3) is 0.870. The highest BCUT2D eigenvalue weighted by Crippen LogP contribution is 2.60. The molecule has 66 heavy (non-hydrogen) atoms. The van der Waals surface area contributed by atoms with Crippen LogP contribution in [-0.4, -0.2) is 85.7 Å². The third kappa shape index (κ3) is 27.7. The van der Waals surface area contributed by atoms with E-state index >= 15 is 0 Å². The van der Waals surface area contributed by atoms with E-state index in [0.717, 1.165) is 61.9 Å². The van der Waals surface area contributed by atoms with E-state index in [1.165, 1.54) is 102 Å². The van der Waals surface area contributed by atoms with Gasteiger partial charge in [0.05, 0.1) is 13.2 Å². The van der Waals surface area contributed by atoms with Crippen molar-refractivity contribution in [1.29, 1.82) is 0 Å². The lowest BCUT2D eigenvalue weighted by atomic mass is 9.99. The summed E-state index contributed by atoms with van der Waals surface area (Å²) in [4.78, 5) is 61.8. The van der Waals surface area contributed by atoms with E-state index in [1.54, 1.807) is 0 Å². The summed E-state index contributed by atoms with van der Waals surface area (Å²) in [5.74, 6) is 0.261. The zero-order valence-corrected chi connectivity index (χ0v) is 42.1. The predicted molar refractivity (Wildman–Crippen MR) is 252 cm³/mol. The van der Waals surface area contributed by atoms with Crippen LogP contribution in [-0.2, 0) is 46.3 Å². The van der Waals surface area contributed by atoms with Gasteiger partial charge in [0.1, 0.15) is 30.7 Å². The van der Waals surface area contributed by atoms with Crippen molar-refractivity contribution in [3.8, 4) is 0 Å². The molecule has 8 atom stereocenters. The minimum absolute atomic E-state index is 0.0562. The van der Waals surface area contributed by atoms with Crippen molar-refractivity contribution < 1.29 is 66.3 Å². The maximum Gasteiger partial charge on any atom is 0.481 e. The van der Waals surface area contributed by atoms with Gasteiger partial charge in [0, 0.05) is 19.0 Å². The number of anilines is 1. The van der Waals surface area contributed by atoms with Crippen LogP contribution >= 0.6 is 15.6 Å². The van der Waals surface area contributed by atoms with Gasteiger partial charge in [-0.15, -0.1) is 0 Å². The lowest BCUT2D eigenvalue weighted by Gasteiger charge is -2.21. The van der Waals surface area contributed by atoms with Gasteiger partial charge in [-0.05, 0) is 30.7 Å². The highest BCUT2D eigenvalue weighted by Gasteiger charge is 2.46. The average molecular weight is 982 g/mol. The molecule has 1 aliphatic heterocycles. The van der Waals surface area contributed by atoms with Gasteiger partial charge in [-0.2, -0.15) is 9.29 Å². The molecule has 0 radical (unpaired) electrons. The molecule has 384 valence electrons. The van der Waals surface area contributed by atoms with Gasteiger partial charge in [0.2, 0.25) is 0 Å². The first-order valence-electron chi connectivity index (χ1n) is 24.8. The first kappa shape index (κ1) is 59.9. The van der Waals surface area contributed by atoms with Gasteiger partial charge >= 0.3 is 33.3 Å². The number of phosphoric ester groups is 2. The smallest absolute Gasteiger partial charge is 0.462 e. The Kier molecular flexibility index (Phi) is 31.0. The maximum absolute atomic E-state index is 12.8. The van der Waals surface area contributed by atoms with Crippen molar-refractivity contribution in [3.63, 3.8) is 0 Å². The Morgan fingerprint density at radius 3 is 1.73 bits per heavy atom. The first-order chi connectivity index (χ1) is 31.4. The van der Waals surface area contributed by atoms with Crippen LogP contribution in [0.4, 0.5) is 5.82 Å². The third-order valence-corrected chi connectivity index (χ3v) is 14.5. The quantitative estimate of drug-likeness (QED) is 0.0233. The van der Waals surface area contributed by atoms with E-state index < -0.39 is 83.7 Å². The molecule has 1 aliphatic rings. The summed E-state index contributed by atoms with van der Waals surface area (Å²) in [6, 6.07) is 1.25. The van der Waals surface area contributed by atoms with Crippen LogP contribution in [0.5, 0.6) is 0 Å². The minimum Gasteiger partial charge on any atom is -0.462 e. The molecule has 1 aromatic rings. The Balaban J connectivity index is 1.79. The number of aliphatic hydroxyl groups excluding tert-OH is 2. The molecule has 2 rings (SSSR count). The lowest BCUT2D eigenvalue weighted by Crippen LogP contribution is -2.36. The summed E-state index contributed by atoms with van der Waals surface area (Å²) >= 11 is 0. The number of unbranched alkanes of at least 4 members (excludes halogenated alkanes) is 19. The van der Waals surface area contributed by atoms with Crippen LogP contribution < -0.4 is 11.4 Å². The van der Waals surface area contributed by atoms with Crippen LogP contribution in [0, 0.1) is 11.8 Å². The number of rotatable bonds is 40. The number of aliphatic hydroxyl groups is 2. The number of esters is 2. The van der Waals surface area contributed by atoms with Crippen LogP contribution in [0.1, 0.15) is 201 Å². The maximum atomic E-state index is 12.8. The summed E-state index contributed by atoms with van der Waals surface area (Å²) < 4.78 is 56.7. The van der Waals surface area contributed by atoms with E-state index in [9.17, 15) is 43.5 Å². The van der Waals surface area contributed by atoms with Crippen molar-refractivity contribution in [2.45, 2.75) is 225 Å². The second kappa shape index (κ2) is 34.1. The van der Waals surface area contributed by atoms with Crippen LogP contribution in [0.2, 0.25) is 0 Å². The van der Waals surface area contributed by atoms with Gasteiger partial charge in [0.25, 0.3) is 0 Å². The number of hydrogen-bond donors (Lipinski definition) is 5. The number of hydrogen-bond acceptors (Lipinski definition) is 15.